The first-order valence-corrected chi connectivity index (χ1v) is 7.15. The number of H-pyrrole nitrogens is 1. The Morgan fingerprint density at radius 1 is 1.39 bits per heavy atom. The van der Waals surface area contributed by atoms with Crippen molar-refractivity contribution < 1.29 is 4.74 Å². The first-order chi connectivity index (χ1) is 8.77. The molecule has 1 saturated heterocycles. The Labute approximate surface area is 112 Å². The molecule has 1 aromatic rings. The molecule has 1 aliphatic carbocycles. The second kappa shape index (κ2) is 5.01. The van der Waals surface area contributed by atoms with Crippen molar-refractivity contribution in [3.63, 3.8) is 0 Å². The smallest absolute Gasteiger partial charge is 0.226 e. The molecule has 2 aliphatic rings. The topological polar surface area (TPSA) is 46.1 Å². The SMILES string of the molecule is CN(c1n[nH]c(=S)n1C1CCCC1)C1CCOC1. The Hall–Kier alpha value is -0.880. The average Bonchev–Trinajstić information content (AvgIpc) is 3.09. The molecule has 100 valence electrons. The normalized spacial score (nSPS) is 24.8. The molecular weight excluding hydrogens is 248 g/mol. The van der Waals surface area contributed by atoms with Crippen molar-refractivity contribution in [1.82, 2.24) is 14.8 Å². The van der Waals surface area contributed by atoms with Gasteiger partial charge in [0.15, 0.2) is 4.77 Å². The van der Waals surface area contributed by atoms with E-state index in [1.54, 1.807) is 0 Å². The summed E-state index contributed by atoms with van der Waals surface area (Å²) in [5.41, 5.74) is 0. The zero-order chi connectivity index (χ0) is 12.5. The summed E-state index contributed by atoms with van der Waals surface area (Å²) >= 11 is 5.39. The summed E-state index contributed by atoms with van der Waals surface area (Å²) in [5, 5.41) is 7.37. The molecule has 3 rings (SSSR count). The quantitative estimate of drug-likeness (QED) is 0.854. The fourth-order valence-electron chi connectivity index (χ4n) is 3.03. The van der Waals surface area contributed by atoms with Gasteiger partial charge in [0.2, 0.25) is 5.95 Å². The van der Waals surface area contributed by atoms with Crippen LogP contribution >= 0.6 is 12.2 Å². The lowest BCUT2D eigenvalue weighted by Gasteiger charge is -2.26. The van der Waals surface area contributed by atoms with Gasteiger partial charge in [-0.1, -0.05) is 12.8 Å². The van der Waals surface area contributed by atoms with Crippen LogP contribution in [0.15, 0.2) is 0 Å². The van der Waals surface area contributed by atoms with Gasteiger partial charge in [-0.3, -0.25) is 4.57 Å². The highest BCUT2D eigenvalue weighted by Gasteiger charge is 2.27. The van der Waals surface area contributed by atoms with Crippen LogP contribution in [0, 0.1) is 4.77 Å². The van der Waals surface area contributed by atoms with Crippen LogP contribution in [-0.4, -0.2) is 41.1 Å². The van der Waals surface area contributed by atoms with Crippen LogP contribution in [0.5, 0.6) is 0 Å². The summed E-state index contributed by atoms with van der Waals surface area (Å²) in [7, 11) is 2.09. The summed E-state index contributed by atoms with van der Waals surface area (Å²) in [6.45, 7) is 1.64. The zero-order valence-electron chi connectivity index (χ0n) is 10.8. The molecule has 1 unspecified atom stereocenters. The first-order valence-electron chi connectivity index (χ1n) is 6.75. The van der Waals surface area contributed by atoms with Crippen molar-refractivity contribution in [2.75, 3.05) is 25.2 Å². The number of aromatic amines is 1. The largest absolute Gasteiger partial charge is 0.379 e. The van der Waals surface area contributed by atoms with E-state index in [2.05, 4.69) is 26.7 Å². The fraction of sp³-hybridized carbons (Fsp3) is 0.833. The second-order valence-corrected chi connectivity index (χ2v) is 5.65. The van der Waals surface area contributed by atoms with Crippen LogP contribution in [0.3, 0.4) is 0 Å². The van der Waals surface area contributed by atoms with Crippen molar-refractivity contribution in [1.29, 1.82) is 0 Å². The average molecular weight is 268 g/mol. The van der Waals surface area contributed by atoms with Crippen LogP contribution in [0.25, 0.3) is 0 Å². The van der Waals surface area contributed by atoms with E-state index in [-0.39, 0.29) is 0 Å². The number of nitrogens with one attached hydrogen (secondary N) is 1. The molecule has 18 heavy (non-hydrogen) atoms. The minimum atomic E-state index is 0.426. The molecule has 0 radical (unpaired) electrons. The van der Waals surface area contributed by atoms with Crippen LogP contribution in [-0.2, 0) is 4.74 Å². The number of hydrogen-bond donors (Lipinski definition) is 1. The summed E-state index contributed by atoms with van der Waals surface area (Å²) in [5.74, 6) is 0.974. The molecule has 5 nitrogen and oxygen atoms in total. The molecule has 0 bridgehead atoms. The Bertz CT molecular complexity index is 457. The molecule has 1 saturated carbocycles. The predicted molar refractivity (Wildman–Crippen MR) is 72.5 cm³/mol. The summed E-state index contributed by atoms with van der Waals surface area (Å²) < 4.78 is 8.42. The Kier molecular flexibility index (Phi) is 3.39. The number of rotatable bonds is 3. The highest BCUT2D eigenvalue weighted by Crippen LogP contribution is 2.33. The molecule has 1 aliphatic heterocycles. The van der Waals surface area contributed by atoms with E-state index in [1.165, 1.54) is 25.7 Å². The van der Waals surface area contributed by atoms with Gasteiger partial charge in [0, 0.05) is 19.7 Å². The van der Waals surface area contributed by atoms with Gasteiger partial charge >= 0.3 is 0 Å². The maximum absolute atomic E-state index is 5.46. The molecule has 2 fully saturated rings. The van der Waals surface area contributed by atoms with Gasteiger partial charge < -0.3 is 9.64 Å². The molecule has 0 amide bonds. The Balaban J connectivity index is 1.89. The lowest BCUT2D eigenvalue weighted by Crippen LogP contribution is -2.34. The van der Waals surface area contributed by atoms with Crippen LogP contribution in [0.2, 0.25) is 0 Å². The Morgan fingerprint density at radius 3 is 2.83 bits per heavy atom. The van der Waals surface area contributed by atoms with Gasteiger partial charge in [0.1, 0.15) is 0 Å². The van der Waals surface area contributed by atoms with E-state index in [9.17, 15) is 0 Å². The number of aromatic nitrogens is 3. The third-order valence-corrected chi connectivity index (χ3v) is 4.43. The molecule has 1 N–H and O–H groups in total. The lowest BCUT2D eigenvalue weighted by atomic mass is 10.2. The van der Waals surface area contributed by atoms with Crippen LogP contribution < -0.4 is 4.90 Å². The maximum Gasteiger partial charge on any atom is 0.226 e. The number of ether oxygens (including phenoxy) is 1. The lowest BCUT2D eigenvalue weighted by molar-refractivity contribution is 0.193. The maximum atomic E-state index is 5.46. The first kappa shape index (κ1) is 12.2. The Morgan fingerprint density at radius 2 is 2.17 bits per heavy atom. The van der Waals surface area contributed by atoms with Gasteiger partial charge in [-0.05, 0) is 31.5 Å². The van der Waals surface area contributed by atoms with Crippen LogP contribution in [0.1, 0.15) is 38.1 Å². The summed E-state index contributed by atoms with van der Waals surface area (Å²) in [6, 6.07) is 0.950. The van der Waals surface area contributed by atoms with E-state index in [1.807, 2.05) is 0 Å². The fourth-order valence-corrected chi connectivity index (χ4v) is 3.30. The number of likely N-dealkylation sites (N-methyl/N-ethyl adjacent to an activating group) is 1. The molecule has 6 heteroatoms. The second-order valence-electron chi connectivity index (χ2n) is 5.27. The van der Waals surface area contributed by atoms with Crippen molar-refractivity contribution in [2.24, 2.45) is 0 Å². The molecule has 1 atom stereocenters. The molecule has 0 aromatic carbocycles. The molecular formula is C12H20N4OS. The molecule has 1 aromatic heterocycles. The number of nitrogens with zero attached hydrogens (tertiary/aromatic N) is 3. The van der Waals surface area contributed by atoms with Gasteiger partial charge in [-0.2, -0.15) is 0 Å². The standard InChI is InChI=1S/C12H20N4OS/c1-15(10-6-7-17-8-10)11-13-14-12(18)16(11)9-4-2-3-5-9/h9-10H,2-8H2,1H3,(H,14,18). The third-order valence-electron chi connectivity index (χ3n) is 4.14. The summed E-state index contributed by atoms with van der Waals surface area (Å²) in [4.78, 5) is 2.22. The minimum absolute atomic E-state index is 0.426. The van der Waals surface area contributed by atoms with E-state index < -0.39 is 0 Å². The predicted octanol–water partition coefficient (Wildman–Crippen LogP) is 2.28. The van der Waals surface area contributed by atoms with Crippen molar-refractivity contribution in [3.05, 3.63) is 4.77 Å². The minimum Gasteiger partial charge on any atom is -0.379 e. The van der Waals surface area contributed by atoms with E-state index in [0.717, 1.165) is 30.4 Å². The van der Waals surface area contributed by atoms with Gasteiger partial charge in [0.25, 0.3) is 0 Å². The monoisotopic (exact) mass is 268 g/mol. The van der Waals surface area contributed by atoms with Crippen LogP contribution in [0.4, 0.5) is 5.95 Å². The van der Waals surface area contributed by atoms with E-state index in [4.69, 9.17) is 17.0 Å². The number of hydrogen-bond acceptors (Lipinski definition) is 4. The third kappa shape index (κ3) is 2.07. The van der Waals surface area contributed by atoms with Crippen molar-refractivity contribution in [2.45, 2.75) is 44.2 Å². The van der Waals surface area contributed by atoms with Gasteiger partial charge in [0.05, 0.1) is 12.6 Å². The molecule has 2 heterocycles. The summed E-state index contributed by atoms with van der Waals surface area (Å²) in [6.07, 6.45) is 6.10. The van der Waals surface area contributed by atoms with E-state index >= 15 is 0 Å². The number of anilines is 1. The zero-order valence-corrected chi connectivity index (χ0v) is 11.6. The highest BCUT2D eigenvalue weighted by atomic mass is 32.1. The van der Waals surface area contributed by atoms with Crippen molar-refractivity contribution in [3.8, 4) is 0 Å². The molecule has 0 spiro atoms. The van der Waals surface area contributed by atoms with Gasteiger partial charge in [-0.15, -0.1) is 5.10 Å². The highest BCUT2D eigenvalue weighted by molar-refractivity contribution is 7.71. The van der Waals surface area contributed by atoms with E-state index in [0.29, 0.717) is 12.1 Å². The van der Waals surface area contributed by atoms with Crippen molar-refractivity contribution >= 4 is 18.2 Å². The van der Waals surface area contributed by atoms with Gasteiger partial charge in [-0.25, -0.2) is 5.10 Å².